The van der Waals surface area contributed by atoms with E-state index in [2.05, 4.69) is 5.32 Å². The van der Waals surface area contributed by atoms with E-state index in [1.807, 2.05) is 13.8 Å². The molecule has 2 heterocycles. The van der Waals surface area contributed by atoms with Crippen LogP contribution in [0, 0.1) is 17.8 Å². The summed E-state index contributed by atoms with van der Waals surface area (Å²) >= 11 is 0. The molecule has 2 aliphatic rings. The SMILES string of the molecule is CCC(C)C(=O)N1CCCC(C(=O)NC(C(=O)O)C2CCCOC2)C1. The van der Waals surface area contributed by atoms with E-state index in [9.17, 15) is 19.5 Å². The summed E-state index contributed by atoms with van der Waals surface area (Å²) in [7, 11) is 0. The normalized spacial score (nSPS) is 26.6. The van der Waals surface area contributed by atoms with Gasteiger partial charge in [0.1, 0.15) is 6.04 Å². The molecular weight excluding hydrogens is 324 g/mol. The molecule has 4 atom stereocenters. The molecule has 2 saturated heterocycles. The lowest BCUT2D eigenvalue weighted by Gasteiger charge is -2.35. The zero-order valence-corrected chi connectivity index (χ0v) is 15.2. The number of hydrogen-bond acceptors (Lipinski definition) is 4. The fourth-order valence-electron chi connectivity index (χ4n) is 3.56. The molecule has 2 N–H and O–H groups in total. The minimum absolute atomic E-state index is 0.0482. The predicted molar refractivity (Wildman–Crippen MR) is 91.9 cm³/mol. The van der Waals surface area contributed by atoms with E-state index >= 15 is 0 Å². The number of likely N-dealkylation sites (tertiary alicyclic amines) is 1. The van der Waals surface area contributed by atoms with Crippen molar-refractivity contribution in [3.8, 4) is 0 Å². The second kappa shape index (κ2) is 9.17. The van der Waals surface area contributed by atoms with Crippen molar-refractivity contribution in [3.05, 3.63) is 0 Å². The average Bonchev–Trinajstić information content (AvgIpc) is 2.65. The van der Waals surface area contributed by atoms with E-state index in [1.54, 1.807) is 4.90 Å². The molecule has 0 radical (unpaired) electrons. The molecule has 0 aromatic rings. The van der Waals surface area contributed by atoms with Crippen LogP contribution in [-0.2, 0) is 19.1 Å². The molecule has 0 aliphatic carbocycles. The molecule has 142 valence electrons. The van der Waals surface area contributed by atoms with Crippen molar-refractivity contribution >= 4 is 17.8 Å². The van der Waals surface area contributed by atoms with Crippen LogP contribution in [0.25, 0.3) is 0 Å². The van der Waals surface area contributed by atoms with Gasteiger partial charge >= 0.3 is 5.97 Å². The molecule has 0 saturated carbocycles. The summed E-state index contributed by atoms with van der Waals surface area (Å²) < 4.78 is 5.36. The topological polar surface area (TPSA) is 95.9 Å². The number of nitrogens with zero attached hydrogens (tertiary/aromatic N) is 1. The van der Waals surface area contributed by atoms with E-state index < -0.39 is 12.0 Å². The van der Waals surface area contributed by atoms with Gasteiger partial charge in [0.25, 0.3) is 0 Å². The van der Waals surface area contributed by atoms with Crippen LogP contribution >= 0.6 is 0 Å². The van der Waals surface area contributed by atoms with Gasteiger partial charge in [0.2, 0.25) is 11.8 Å². The summed E-state index contributed by atoms with van der Waals surface area (Å²) in [6, 6.07) is -0.923. The van der Waals surface area contributed by atoms with Gasteiger partial charge in [-0.2, -0.15) is 0 Å². The number of amides is 2. The maximum absolute atomic E-state index is 12.6. The first-order valence-corrected chi connectivity index (χ1v) is 9.33. The quantitative estimate of drug-likeness (QED) is 0.749. The highest BCUT2D eigenvalue weighted by Crippen LogP contribution is 2.22. The monoisotopic (exact) mass is 354 g/mol. The predicted octanol–water partition coefficient (Wildman–Crippen LogP) is 1.27. The lowest BCUT2D eigenvalue weighted by atomic mass is 9.91. The van der Waals surface area contributed by atoms with Crippen molar-refractivity contribution in [1.82, 2.24) is 10.2 Å². The zero-order chi connectivity index (χ0) is 18.4. The van der Waals surface area contributed by atoms with Crippen LogP contribution < -0.4 is 5.32 Å². The number of hydrogen-bond donors (Lipinski definition) is 2. The molecule has 7 heteroatoms. The molecule has 2 aliphatic heterocycles. The third kappa shape index (κ3) is 5.17. The Labute approximate surface area is 149 Å². The number of rotatable bonds is 6. The third-order valence-corrected chi connectivity index (χ3v) is 5.37. The van der Waals surface area contributed by atoms with Crippen molar-refractivity contribution in [2.45, 2.75) is 52.0 Å². The van der Waals surface area contributed by atoms with Gasteiger partial charge in [0.05, 0.1) is 12.5 Å². The Bertz CT molecular complexity index is 490. The zero-order valence-electron chi connectivity index (χ0n) is 15.2. The summed E-state index contributed by atoms with van der Waals surface area (Å²) in [5, 5.41) is 12.2. The number of aliphatic carboxylic acids is 1. The molecule has 0 bridgehead atoms. The first-order valence-electron chi connectivity index (χ1n) is 9.33. The van der Waals surface area contributed by atoms with Crippen LogP contribution in [0.1, 0.15) is 46.0 Å². The Kier molecular flexibility index (Phi) is 7.23. The van der Waals surface area contributed by atoms with E-state index in [0.29, 0.717) is 32.7 Å². The van der Waals surface area contributed by atoms with Crippen LogP contribution in [0.2, 0.25) is 0 Å². The number of carboxylic acids is 1. The van der Waals surface area contributed by atoms with Gasteiger partial charge in [-0.3, -0.25) is 9.59 Å². The lowest BCUT2D eigenvalue weighted by Crippen LogP contribution is -2.53. The Morgan fingerprint density at radius 3 is 2.64 bits per heavy atom. The van der Waals surface area contributed by atoms with Crippen molar-refractivity contribution in [3.63, 3.8) is 0 Å². The molecule has 2 fully saturated rings. The average molecular weight is 354 g/mol. The fraction of sp³-hybridized carbons (Fsp3) is 0.833. The number of nitrogens with one attached hydrogen (secondary N) is 1. The maximum atomic E-state index is 12.6. The number of carbonyl (C=O) groups excluding carboxylic acids is 2. The summed E-state index contributed by atoms with van der Waals surface area (Å²) in [5.74, 6) is -1.79. The summed E-state index contributed by atoms with van der Waals surface area (Å²) in [6.45, 7) is 5.93. The molecule has 7 nitrogen and oxygen atoms in total. The van der Waals surface area contributed by atoms with Crippen LogP contribution in [-0.4, -0.2) is 60.1 Å². The van der Waals surface area contributed by atoms with Crippen molar-refractivity contribution < 1.29 is 24.2 Å². The molecule has 25 heavy (non-hydrogen) atoms. The Balaban J connectivity index is 1.95. The van der Waals surface area contributed by atoms with Crippen molar-refractivity contribution in [2.24, 2.45) is 17.8 Å². The van der Waals surface area contributed by atoms with E-state index in [1.165, 1.54) is 0 Å². The highest BCUT2D eigenvalue weighted by Gasteiger charge is 2.35. The largest absolute Gasteiger partial charge is 0.480 e. The minimum atomic E-state index is -1.02. The Morgan fingerprint density at radius 1 is 1.28 bits per heavy atom. The molecule has 4 unspecified atom stereocenters. The number of carbonyl (C=O) groups is 3. The van der Waals surface area contributed by atoms with Crippen LogP contribution in [0.15, 0.2) is 0 Å². The highest BCUT2D eigenvalue weighted by atomic mass is 16.5. The molecule has 0 spiro atoms. The van der Waals surface area contributed by atoms with Crippen LogP contribution in [0.4, 0.5) is 0 Å². The first kappa shape index (κ1) is 19.7. The maximum Gasteiger partial charge on any atom is 0.326 e. The molecule has 0 aromatic heterocycles. The number of carboxylic acid groups (broad SMARTS) is 1. The molecular formula is C18H30N2O5. The van der Waals surface area contributed by atoms with Crippen molar-refractivity contribution in [2.75, 3.05) is 26.3 Å². The first-order chi connectivity index (χ1) is 11.9. The van der Waals surface area contributed by atoms with E-state index in [4.69, 9.17) is 4.74 Å². The van der Waals surface area contributed by atoms with Gasteiger partial charge in [0.15, 0.2) is 0 Å². The lowest BCUT2D eigenvalue weighted by molar-refractivity contribution is -0.147. The van der Waals surface area contributed by atoms with E-state index in [0.717, 1.165) is 25.7 Å². The second-order valence-electron chi connectivity index (χ2n) is 7.23. The van der Waals surface area contributed by atoms with Crippen LogP contribution in [0.5, 0.6) is 0 Å². The summed E-state index contributed by atoms with van der Waals surface area (Å²) in [6.07, 6.45) is 3.77. The van der Waals surface area contributed by atoms with Gasteiger partial charge in [-0.1, -0.05) is 13.8 Å². The van der Waals surface area contributed by atoms with Crippen molar-refractivity contribution in [1.29, 1.82) is 0 Å². The van der Waals surface area contributed by atoms with Crippen LogP contribution in [0.3, 0.4) is 0 Å². The van der Waals surface area contributed by atoms with Gasteiger partial charge in [-0.15, -0.1) is 0 Å². The molecule has 0 aromatic carbocycles. The smallest absolute Gasteiger partial charge is 0.326 e. The summed E-state index contributed by atoms with van der Waals surface area (Å²) in [5.41, 5.74) is 0. The van der Waals surface area contributed by atoms with Gasteiger partial charge in [-0.05, 0) is 32.1 Å². The molecule has 2 amide bonds. The third-order valence-electron chi connectivity index (χ3n) is 5.37. The summed E-state index contributed by atoms with van der Waals surface area (Å²) in [4.78, 5) is 38.3. The van der Waals surface area contributed by atoms with Gasteiger partial charge < -0.3 is 20.1 Å². The standard InChI is InChI=1S/C18H30N2O5/c1-3-12(2)17(22)20-8-4-6-13(10-20)16(21)19-15(18(23)24)14-7-5-9-25-11-14/h12-15H,3-11H2,1-2H3,(H,19,21)(H,23,24). The fourth-order valence-corrected chi connectivity index (χ4v) is 3.56. The Hall–Kier alpha value is -1.63. The highest BCUT2D eigenvalue weighted by molar-refractivity contribution is 5.86. The van der Waals surface area contributed by atoms with Gasteiger partial charge in [-0.25, -0.2) is 4.79 Å². The number of ether oxygens (including phenoxy) is 1. The molecule has 2 rings (SSSR count). The van der Waals surface area contributed by atoms with Gasteiger partial charge in [0, 0.05) is 31.5 Å². The minimum Gasteiger partial charge on any atom is -0.480 e. The number of piperidine rings is 1. The Morgan fingerprint density at radius 2 is 2.04 bits per heavy atom. The second-order valence-corrected chi connectivity index (χ2v) is 7.23. The van der Waals surface area contributed by atoms with E-state index in [-0.39, 0.29) is 29.6 Å².